The molecule has 0 spiro atoms. The van der Waals surface area contributed by atoms with Crippen LogP contribution in [0.5, 0.6) is 5.75 Å². The Labute approximate surface area is 123 Å². The van der Waals surface area contributed by atoms with Crippen LogP contribution in [0.3, 0.4) is 0 Å². The third kappa shape index (κ3) is 2.62. The molecule has 112 valence electrons. The molecule has 1 aromatic heterocycles. The fourth-order valence-electron chi connectivity index (χ4n) is 2.33. The Hall–Kier alpha value is -2.34. The van der Waals surface area contributed by atoms with Gasteiger partial charge in [0.25, 0.3) is 0 Å². The van der Waals surface area contributed by atoms with Gasteiger partial charge >= 0.3 is 0 Å². The first-order chi connectivity index (χ1) is 10.0. The van der Waals surface area contributed by atoms with E-state index in [2.05, 4.69) is 5.10 Å². The second-order valence-electron chi connectivity index (χ2n) is 4.85. The van der Waals surface area contributed by atoms with E-state index in [9.17, 15) is 4.79 Å². The predicted molar refractivity (Wildman–Crippen MR) is 80.6 cm³/mol. The predicted octanol–water partition coefficient (Wildman–Crippen LogP) is 1.56. The van der Waals surface area contributed by atoms with Crippen LogP contribution in [0.4, 0.5) is 5.82 Å². The largest absolute Gasteiger partial charge is 0.496 e. The first-order valence-corrected chi connectivity index (χ1v) is 6.61. The highest BCUT2D eigenvalue weighted by atomic mass is 16.5. The van der Waals surface area contributed by atoms with Crippen molar-refractivity contribution < 1.29 is 14.6 Å². The van der Waals surface area contributed by atoms with E-state index >= 15 is 0 Å². The summed E-state index contributed by atoms with van der Waals surface area (Å²) in [7, 11) is 1.62. The molecule has 1 aromatic carbocycles. The molecule has 6 heteroatoms. The summed E-state index contributed by atoms with van der Waals surface area (Å²) in [4.78, 5) is 11.3. The number of carbonyl (C=O) groups excluding carboxylic acids is 1. The summed E-state index contributed by atoms with van der Waals surface area (Å²) in [6.45, 7) is 4.01. The quantitative estimate of drug-likeness (QED) is 0.815. The first-order valence-electron chi connectivity index (χ1n) is 6.61. The summed E-state index contributed by atoms with van der Waals surface area (Å²) in [6, 6.07) is 3.83. The molecule has 0 aliphatic carbocycles. The third-order valence-corrected chi connectivity index (χ3v) is 3.46. The van der Waals surface area contributed by atoms with Gasteiger partial charge in [-0.15, -0.1) is 0 Å². The summed E-state index contributed by atoms with van der Waals surface area (Å²) >= 11 is 0. The maximum atomic E-state index is 11.3. The number of methoxy groups -OCH3 is 1. The number of aldehydes is 1. The second kappa shape index (κ2) is 5.97. The van der Waals surface area contributed by atoms with Gasteiger partial charge in [0.15, 0.2) is 6.29 Å². The average molecular weight is 289 g/mol. The van der Waals surface area contributed by atoms with Gasteiger partial charge in [-0.25, -0.2) is 4.68 Å². The van der Waals surface area contributed by atoms with E-state index in [0.717, 1.165) is 22.4 Å². The second-order valence-corrected chi connectivity index (χ2v) is 4.85. The van der Waals surface area contributed by atoms with E-state index in [-0.39, 0.29) is 19.0 Å². The standard InChI is InChI=1S/C15H19N3O3/c1-9-7-13(21-3)10(2)6-11(9)14-12(8-20)15(16)18(17-14)4-5-19/h6-8,19H,4-5,16H2,1-3H3. The normalized spacial score (nSPS) is 10.7. The lowest BCUT2D eigenvalue weighted by atomic mass is 9.99. The molecule has 0 radical (unpaired) electrons. The van der Waals surface area contributed by atoms with Gasteiger partial charge in [-0.3, -0.25) is 4.79 Å². The number of rotatable bonds is 5. The van der Waals surface area contributed by atoms with Crippen LogP contribution in [0.2, 0.25) is 0 Å². The summed E-state index contributed by atoms with van der Waals surface area (Å²) in [5.74, 6) is 1.05. The van der Waals surface area contributed by atoms with Crippen molar-refractivity contribution in [3.8, 4) is 17.0 Å². The van der Waals surface area contributed by atoms with E-state index in [1.165, 1.54) is 4.68 Å². The van der Waals surface area contributed by atoms with Gasteiger partial charge < -0.3 is 15.6 Å². The van der Waals surface area contributed by atoms with E-state index in [0.29, 0.717) is 17.5 Å². The lowest BCUT2D eigenvalue weighted by Crippen LogP contribution is -2.08. The highest BCUT2D eigenvalue weighted by molar-refractivity contribution is 5.92. The monoisotopic (exact) mass is 289 g/mol. The lowest BCUT2D eigenvalue weighted by Gasteiger charge is -2.10. The Morgan fingerprint density at radius 3 is 2.67 bits per heavy atom. The molecular weight excluding hydrogens is 270 g/mol. The fraction of sp³-hybridized carbons (Fsp3) is 0.333. The summed E-state index contributed by atoms with van der Waals surface area (Å²) in [6.07, 6.45) is 0.699. The van der Waals surface area contributed by atoms with Gasteiger partial charge in [0.05, 0.1) is 25.8 Å². The van der Waals surface area contributed by atoms with E-state index in [4.69, 9.17) is 15.6 Å². The van der Waals surface area contributed by atoms with Crippen molar-refractivity contribution in [3.05, 3.63) is 28.8 Å². The van der Waals surface area contributed by atoms with Crippen molar-refractivity contribution in [3.63, 3.8) is 0 Å². The molecule has 0 amide bonds. The molecule has 0 atom stereocenters. The Balaban J connectivity index is 2.64. The number of aliphatic hydroxyl groups excluding tert-OH is 1. The Morgan fingerprint density at radius 2 is 2.10 bits per heavy atom. The van der Waals surface area contributed by atoms with E-state index in [1.54, 1.807) is 7.11 Å². The van der Waals surface area contributed by atoms with Crippen LogP contribution in [0.15, 0.2) is 12.1 Å². The number of aliphatic hydroxyl groups is 1. The maximum Gasteiger partial charge on any atom is 0.156 e. The van der Waals surface area contributed by atoms with Crippen LogP contribution in [0.25, 0.3) is 11.3 Å². The maximum absolute atomic E-state index is 11.3. The lowest BCUT2D eigenvalue weighted by molar-refractivity contribution is 0.112. The Kier molecular flexibility index (Phi) is 4.28. The molecule has 0 fully saturated rings. The minimum atomic E-state index is -0.0930. The smallest absolute Gasteiger partial charge is 0.156 e. The molecular formula is C15H19N3O3. The number of anilines is 1. The molecule has 2 aromatic rings. The number of nitrogen functional groups attached to an aromatic ring is 1. The summed E-state index contributed by atoms with van der Waals surface area (Å²) in [5, 5.41) is 13.4. The number of hydrogen-bond donors (Lipinski definition) is 2. The van der Waals surface area contributed by atoms with Crippen LogP contribution >= 0.6 is 0 Å². The summed E-state index contributed by atoms with van der Waals surface area (Å²) in [5.41, 5.74) is 9.51. The molecule has 2 rings (SSSR count). The molecule has 21 heavy (non-hydrogen) atoms. The SMILES string of the molecule is COc1cc(C)c(-c2nn(CCO)c(N)c2C=O)cc1C. The topological polar surface area (TPSA) is 90.4 Å². The van der Waals surface area contributed by atoms with Gasteiger partial charge in [-0.2, -0.15) is 5.10 Å². The Morgan fingerprint density at radius 1 is 1.38 bits per heavy atom. The van der Waals surface area contributed by atoms with Gasteiger partial charge in [0.2, 0.25) is 0 Å². The number of hydrogen-bond acceptors (Lipinski definition) is 5. The van der Waals surface area contributed by atoms with Crippen molar-refractivity contribution in [2.24, 2.45) is 0 Å². The van der Waals surface area contributed by atoms with Crippen LogP contribution in [-0.4, -0.2) is 34.9 Å². The fourth-order valence-corrected chi connectivity index (χ4v) is 2.33. The minimum Gasteiger partial charge on any atom is -0.496 e. The number of nitrogens with two attached hydrogens (primary N) is 1. The molecule has 0 bridgehead atoms. The van der Waals surface area contributed by atoms with E-state index in [1.807, 2.05) is 26.0 Å². The molecule has 0 saturated heterocycles. The van der Waals surface area contributed by atoms with Crippen LogP contribution in [0, 0.1) is 13.8 Å². The number of aryl methyl sites for hydroxylation is 2. The van der Waals surface area contributed by atoms with Crippen molar-refractivity contribution in [1.82, 2.24) is 9.78 Å². The number of nitrogens with zero attached hydrogens (tertiary/aromatic N) is 2. The number of aromatic nitrogens is 2. The molecule has 0 saturated carbocycles. The summed E-state index contributed by atoms with van der Waals surface area (Å²) < 4.78 is 6.73. The van der Waals surface area contributed by atoms with Crippen LogP contribution in [-0.2, 0) is 6.54 Å². The average Bonchev–Trinajstić information content (AvgIpc) is 2.77. The number of ether oxygens (including phenoxy) is 1. The first kappa shape index (κ1) is 15.1. The number of benzene rings is 1. The van der Waals surface area contributed by atoms with Crippen LogP contribution < -0.4 is 10.5 Å². The van der Waals surface area contributed by atoms with Crippen molar-refractivity contribution in [1.29, 1.82) is 0 Å². The zero-order chi connectivity index (χ0) is 15.6. The molecule has 0 aliphatic rings. The zero-order valence-electron chi connectivity index (χ0n) is 12.4. The van der Waals surface area contributed by atoms with Gasteiger partial charge in [-0.1, -0.05) is 0 Å². The minimum absolute atomic E-state index is 0.0930. The van der Waals surface area contributed by atoms with E-state index < -0.39 is 0 Å². The van der Waals surface area contributed by atoms with Crippen molar-refractivity contribution in [2.75, 3.05) is 19.5 Å². The molecule has 3 N–H and O–H groups in total. The van der Waals surface area contributed by atoms with Gasteiger partial charge in [-0.05, 0) is 37.1 Å². The third-order valence-electron chi connectivity index (χ3n) is 3.46. The van der Waals surface area contributed by atoms with Crippen molar-refractivity contribution >= 4 is 12.1 Å². The van der Waals surface area contributed by atoms with Gasteiger partial charge in [0.1, 0.15) is 17.3 Å². The van der Waals surface area contributed by atoms with Gasteiger partial charge in [0, 0.05) is 5.56 Å². The molecule has 0 unspecified atom stereocenters. The number of carbonyl (C=O) groups is 1. The van der Waals surface area contributed by atoms with Crippen LogP contribution in [0.1, 0.15) is 21.5 Å². The van der Waals surface area contributed by atoms with Crippen molar-refractivity contribution in [2.45, 2.75) is 20.4 Å². The molecule has 0 aliphatic heterocycles. The molecule has 6 nitrogen and oxygen atoms in total. The zero-order valence-corrected chi connectivity index (χ0v) is 12.4. The highest BCUT2D eigenvalue weighted by Gasteiger charge is 2.19. The highest BCUT2D eigenvalue weighted by Crippen LogP contribution is 2.32. The molecule has 1 heterocycles. The Bertz CT molecular complexity index is 677.